The van der Waals surface area contributed by atoms with Crippen molar-refractivity contribution >= 4 is 42.9 Å². The van der Waals surface area contributed by atoms with E-state index in [0.29, 0.717) is 41.4 Å². The zero-order chi connectivity index (χ0) is 38.8. The lowest BCUT2D eigenvalue weighted by Gasteiger charge is -2.36. The molecule has 2 rings (SSSR count). The number of hydrogen-bond donors (Lipinski definition) is 0. The maximum atomic E-state index is 14.8. The summed E-state index contributed by atoms with van der Waals surface area (Å²) in [5, 5.41) is 0.363. The summed E-state index contributed by atoms with van der Waals surface area (Å²) in [6, 6.07) is 4.39. The van der Waals surface area contributed by atoms with Gasteiger partial charge in [-0.15, -0.1) is 11.3 Å². The molecular formula is C37H56FN3O8SSi. The van der Waals surface area contributed by atoms with Gasteiger partial charge in [0, 0.05) is 30.6 Å². The third-order valence-electron chi connectivity index (χ3n) is 7.70. The number of benzene rings is 1. The fourth-order valence-corrected chi connectivity index (χ4v) is 6.20. The molecule has 0 fully saturated rings. The number of esters is 1. The van der Waals surface area contributed by atoms with Crippen molar-refractivity contribution in [2.24, 2.45) is 0 Å². The number of rotatable bonds is 13. The highest BCUT2D eigenvalue weighted by Gasteiger charge is 2.37. The molecule has 0 aliphatic rings. The normalized spacial score (nSPS) is 12.0. The molecule has 0 aliphatic heterocycles. The molecule has 0 saturated heterocycles. The van der Waals surface area contributed by atoms with Crippen LogP contribution in [0.5, 0.6) is 5.75 Å². The highest BCUT2D eigenvalue weighted by Crippen LogP contribution is 2.37. The van der Waals surface area contributed by atoms with Crippen molar-refractivity contribution in [3.05, 3.63) is 40.2 Å². The van der Waals surface area contributed by atoms with Gasteiger partial charge >= 0.3 is 18.2 Å². The van der Waals surface area contributed by atoms with Gasteiger partial charge in [-0.1, -0.05) is 32.6 Å². The first-order chi connectivity index (χ1) is 23.4. The Balaban J connectivity index is 2.11. The van der Waals surface area contributed by atoms with Crippen molar-refractivity contribution in [3.63, 3.8) is 0 Å². The van der Waals surface area contributed by atoms with Gasteiger partial charge in [0.2, 0.25) is 0 Å². The largest absolute Gasteiger partial charge is 0.491 e. The number of halogens is 1. The molecule has 0 aliphatic carbocycles. The minimum Gasteiger partial charge on any atom is -0.491 e. The topological polar surface area (TPSA) is 117 Å². The Bertz CT molecular complexity index is 1560. The van der Waals surface area contributed by atoms with Gasteiger partial charge in [-0.25, -0.2) is 23.8 Å². The van der Waals surface area contributed by atoms with Crippen LogP contribution in [0.1, 0.15) is 96.1 Å². The van der Waals surface area contributed by atoms with E-state index in [1.54, 1.807) is 54.7 Å². The average molecular weight is 750 g/mol. The molecule has 0 atom stereocenters. The summed E-state index contributed by atoms with van der Waals surface area (Å²) in [6.45, 7) is 22.6. The van der Waals surface area contributed by atoms with E-state index in [4.69, 9.17) is 23.4 Å². The smallest absolute Gasteiger partial charge is 0.416 e. The Hall–Kier alpha value is -3.67. The van der Waals surface area contributed by atoms with E-state index >= 15 is 0 Å². The lowest BCUT2D eigenvalue weighted by atomic mass is 10.2. The quantitative estimate of drug-likeness (QED) is 0.0654. The third kappa shape index (κ3) is 14.5. The summed E-state index contributed by atoms with van der Waals surface area (Å²) in [7, 11) is 0.866. The molecule has 11 nitrogen and oxygen atoms in total. The van der Waals surface area contributed by atoms with Crippen molar-refractivity contribution in [1.82, 2.24) is 9.88 Å². The van der Waals surface area contributed by atoms with Crippen molar-refractivity contribution in [1.29, 1.82) is 0 Å². The number of methoxy groups -OCH3 is 1. The number of ether oxygens (including phenoxy) is 4. The van der Waals surface area contributed by atoms with Gasteiger partial charge in [0.1, 0.15) is 11.2 Å². The number of nitrogens with zero attached hydrogens (tertiary/aromatic N) is 3. The molecule has 0 unspecified atom stereocenters. The molecule has 0 bridgehead atoms. The molecule has 1 aromatic heterocycles. The van der Waals surface area contributed by atoms with Crippen LogP contribution < -0.4 is 9.64 Å². The molecule has 1 aromatic carbocycles. The van der Waals surface area contributed by atoms with Crippen molar-refractivity contribution < 1.29 is 42.1 Å². The molecular weight excluding hydrogens is 694 g/mol. The Morgan fingerprint density at radius 3 is 2.14 bits per heavy atom. The average Bonchev–Trinajstić information content (AvgIpc) is 3.40. The van der Waals surface area contributed by atoms with Crippen LogP contribution in [0.4, 0.5) is 19.1 Å². The van der Waals surface area contributed by atoms with Gasteiger partial charge in [-0.05, 0) is 97.1 Å². The molecule has 1 heterocycles. The Kier molecular flexibility index (Phi) is 15.5. The summed E-state index contributed by atoms with van der Waals surface area (Å²) in [6.07, 6.45) is 0.267. The predicted molar refractivity (Wildman–Crippen MR) is 201 cm³/mol. The molecule has 2 amide bonds. The minimum atomic E-state index is -1.98. The van der Waals surface area contributed by atoms with Gasteiger partial charge in [0.25, 0.3) is 0 Å². The van der Waals surface area contributed by atoms with E-state index in [-0.39, 0.29) is 36.2 Å². The first-order valence-electron chi connectivity index (χ1n) is 17.0. The van der Waals surface area contributed by atoms with E-state index in [2.05, 4.69) is 50.7 Å². The number of carbonyl (C=O) groups excluding carboxylic acids is 3. The second-order valence-corrected chi connectivity index (χ2v) is 21.5. The fraction of sp³-hybridized carbons (Fsp3) is 0.622. The monoisotopic (exact) mass is 749 g/mol. The fourth-order valence-electron chi connectivity index (χ4n) is 4.00. The number of thiazole rings is 1. The highest BCUT2D eigenvalue weighted by atomic mass is 32.1. The van der Waals surface area contributed by atoms with E-state index < -0.39 is 43.5 Å². The standard InChI is InChI=1S/C37H56FN3O8SSi/c1-35(2,3)48-33(43)40(10)21-14-17-26-19-20-28(27(38)25-26)46-23-15-18-29-30(31(42)45-11)39-32(50-29)41(34(44)49-36(4,5)6)22-16-24-47-51(12,13)37(7,8)9/h19-20,25H,15-16,18,21-24H2,1-13H3. The van der Waals surface area contributed by atoms with Crippen LogP contribution in [0.2, 0.25) is 18.1 Å². The zero-order valence-corrected chi connectivity index (χ0v) is 34.4. The first-order valence-corrected chi connectivity index (χ1v) is 20.7. The lowest BCUT2D eigenvalue weighted by Crippen LogP contribution is -2.42. The molecule has 0 radical (unpaired) electrons. The van der Waals surface area contributed by atoms with Gasteiger partial charge in [0.05, 0.1) is 20.3 Å². The van der Waals surface area contributed by atoms with Gasteiger partial charge < -0.3 is 28.3 Å². The Labute approximate surface area is 308 Å². The molecule has 51 heavy (non-hydrogen) atoms. The summed E-state index contributed by atoms with van der Waals surface area (Å²) < 4.78 is 42.8. The van der Waals surface area contributed by atoms with Crippen LogP contribution in [0.25, 0.3) is 0 Å². The second-order valence-electron chi connectivity index (χ2n) is 15.6. The molecule has 284 valence electrons. The van der Waals surface area contributed by atoms with Gasteiger partial charge in [-0.2, -0.15) is 0 Å². The first kappa shape index (κ1) is 43.5. The number of carbonyl (C=O) groups is 3. The van der Waals surface area contributed by atoms with Crippen molar-refractivity contribution in [2.45, 2.75) is 111 Å². The summed E-state index contributed by atoms with van der Waals surface area (Å²) in [5.74, 6) is 4.54. The van der Waals surface area contributed by atoms with Crippen LogP contribution >= 0.6 is 11.3 Å². The molecule has 0 saturated carbocycles. The van der Waals surface area contributed by atoms with E-state index in [1.807, 2.05) is 0 Å². The molecule has 14 heteroatoms. The zero-order valence-electron chi connectivity index (χ0n) is 32.6. The number of aromatic nitrogens is 1. The summed E-state index contributed by atoms with van der Waals surface area (Å²) in [4.78, 5) is 46.1. The van der Waals surface area contributed by atoms with Crippen LogP contribution in [0.3, 0.4) is 0 Å². The number of amides is 2. The number of anilines is 1. The second kappa shape index (κ2) is 18.2. The summed E-state index contributed by atoms with van der Waals surface area (Å²) in [5.41, 5.74) is -0.823. The molecule has 0 N–H and O–H groups in total. The minimum absolute atomic E-state index is 0.0498. The number of hydrogen-bond acceptors (Lipinski definition) is 10. The van der Waals surface area contributed by atoms with E-state index in [0.717, 1.165) is 0 Å². The number of aryl methyl sites for hydroxylation is 1. The van der Waals surface area contributed by atoms with E-state index in [9.17, 15) is 18.8 Å². The predicted octanol–water partition coefficient (Wildman–Crippen LogP) is 8.45. The molecule has 0 spiro atoms. The highest BCUT2D eigenvalue weighted by molar-refractivity contribution is 7.16. The van der Waals surface area contributed by atoms with Crippen LogP contribution in [-0.4, -0.2) is 88.0 Å². The van der Waals surface area contributed by atoms with Crippen molar-refractivity contribution in [3.8, 4) is 17.6 Å². The molecule has 2 aromatic rings. The summed E-state index contributed by atoms with van der Waals surface area (Å²) >= 11 is 1.20. The third-order valence-corrected chi connectivity index (χ3v) is 13.4. The van der Waals surface area contributed by atoms with Crippen LogP contribution in [-0.2, 0) is 25.1 Å². The van der Waals surface area contributed by atoms with Gasteiger partial charge in [-0.3, -0.25) is 4.90 Å². The SMILES string of the molecule is COC(=O)c1nc(N(CCCO[Si](C)(C)C(C)(C)C)C(=O)OC(C)(C)C)sc1CCCOc1ccc(C#CCN(C)C(=O)OC(C)(C)C)cc1F. The van der Waals surface area contributed by atoms with E-state index in [1.165, 1.54) is 40.4 Å². The Morgan fingerprint density at radius 2 is 1.57 bits per heavy atom. The van der Waals surface area contributed by atoms with Crippen LogP contribution in [0, 0.1) is 17.7 Å². The van der Waals surface area contributed by atoms with Crippen LogP contribution in [0.15, 0.2) is 18.2 Å². The maximum Gasteiger partial charge on any atom is 0.416 e. The lowest BCUT2D eigenvalue weighted by molar-refractivity contribution is 0.0320. The van der Waals surface area contributed by atoms with Crippen molar-refractivity contribution in [2.75, 3.05) is 45.4 Å². The Morgan fingerprint density at radius 1 is 0.941 bits per heavy atom. The van der Waals surface area contributed by atoms with Gasteiger partial charge in [0.15, 0.2) is 30.7 Å². The maximum absolute atomic E-state index is 14.8.